The number of rotatable bonds is 5. The minimum atomic E-state index is -1.25. The molecule has 1 saturated carbocycles. The molecule has 2 rings (SSSR count). The summed E-state index contributed by atoms with van der Waals surface area (Å²) in [6, 6.07) is 6.95. The second kappa shape index (κ2) is 5.30. The Morgan fingerprint density at radius 1 is 1.42 bits per heavy atom. The summed E-state index contributed by atoms with van der Waals surface area (Å²) in [5, 5.41) is 11.9. The molecule has 0 bridgehead atoms. The van der Waals surface area contributed by atoms with Crippen molar-refractivity contribution >= 4 is 17.6 Å². The van der Waals surface area contributed by atoms with Gasteiger partial charge in [-0.1, -0.05) is 12.5 Å². The van der Waals surface area contributed by atoms with E-state index in [4.69, 9.17) is 4.74 Å². The summed E-state index contributed by atoms with van der Waals surface area (Å²) in [5.74, 6) is -0.838. The maximum Gasteiger partial charge on any atom is 0.319 e. The van der Waals surface area contributed by atoms with Crippen LogP contribution in [0.5, 0.6) is 5.75 Å². The Hall–Kier alpha value is -2.04. The van der Waals surface area contributed by atoms with Gasteiger partial charge in [0.25, 0.3) is 0 Å². The number of anilines is 1. The van der Waals surface area contributed by atoms with Crippen molar-refractivity contribution in [3.8, 4) is 5.75 Å². The predicted molar refractivity (Wildman–Crippen MR) is 70.2 cm³/mol. The van der Waals surface area contributed by atoms with E-state index in [0.29, 0.717) is 30.9 Å². The van der Waals surface area contributed by atoms with Crippen LogP contribution in [-0.4, -0.2) is 23.6 Å². The van der Waals surface area contributed by atoms with Gasteiger partial charge in [0, 0.05) is 11.8 Å². The normalized spacial score (nSPS) is 16.3. The number of amides is 1. The van der Waals surface area contributed by atoms with Crippen LogP contribution in [0.15, 0.2) is 24.3 Å². The lowest BCUT2D eigenvalue weighted by Crippen LogP contribution is -2.48. The molecule has 1 amide bonds. The van der Waals surface area contributed by atoms with Crippen LogP contribution in [0.1, 0.15) is 26.2 Å². The lowest BCUT2D eigenvalue weighted by Gasteiger charge is -2.35. The molecule has 102 valence electrons. The van der Waals surface area contributed by atoms with Gasteiger partial charge in [-0.15, -0.1) is 0 Å². The maximum absolute atomic E-state index is 12.1. The number of carboxylic acids is 1. The van der Waals surface area contributed by atoms with Crippen molar-refractivity contribution < 1.29 is 19.4 Å². The van der Waals surface area contributed by atoms with Crippen molar-refractivity contribution in [3.63, 3.8) is 0 Å². The zero-order valence-electron chi connectivity index (χ0n) is 10.8. The third-order valence-electron chi connectivity index (χ3n) is 3.45. The molecule has 0 spiro atoms. The van der Waals surface area contributed by atoms with Crippen LogP contribution >= 0.6 is 0 Å². The molecule has 0 aromatic heterocycles. The number of ether oxygens (including phenoxy) is 1. The van der Waals surface area contributed by atoms with Crippen LogP contribution in [0.4, 0.5) is 5.69 Å². The molecule has 0 saturated heterocycles. The number of hydrogen-bond acceptors (Lipinski definition) is 3. The van der Waals surface area contributed by atoms with Crippen LogP contribution in [0.3, 0.4) is 0 Å². The summed E-state index contributed by atoms with van der Waals surface area (Å²) in [6.45, 7) is 2.41. The maximum atomic E-state index is 12.1. The Balaban J connectivity index is 2.10. The molecule has 2 N–H and O–H groups in total. The van der Waals surface area contributed by atoms with Gasteiger partial charge in [-0.05, 0) is 31.9 Å². The fourth-order valence-electron chi connectivity index (χ4n) is 2.15. The SMILES string of the molecule is CCOc1cccc(NC(=O)C2(C(=O)O)CCC2)c1. The number of hydrogen-bond donors (Lipinski definition) is 2. The summed E-state index contributed by atoms with van der Waals surface area (Å²) in [5.41, 5.74) is -0.690. The zero-order chi connectivity index (χ0) is 13.9. The molecular weight excluding hydrogens is 246 g/mol. The van der Waals surface area contributed by atoms with Crippen LogP contribution in [0.25, 0.3) is 0 Å². The van der Waals surface area contributed by atoms with Crippen molar-refractivity contribution in [2.45, 2.75) is 26.2 Å². The van der Waals surface area contributed by atoms with Gasteiger partial charge in [0.05, 0.1) is 6.61 Å². The molecule has 1 aliphatic carbocycles. The lowest BCUT2D eigenvalue weighted by atomic mass is 9.68. The first-order valence-corrected chi connectivity index (χ1v) is 6.36. The standard InChI is InChI=1S/C14H17NO4/c1-2-19-11-6-3-5-10(9-11)15-12(16)14(13(17)18)7-4-8-14/h3,5-6,9H,2,4,7-8H2,1H3,(H,15,16)(H,17,18). The first-order chi connectivity index (χ1) is 9.08. The second-order valence-corrected chi connectivity index (χ2v) is 4.66. The van der Waals surface area contributed by atoms with E-state index in [-0.39, 0.29) is 0 Å². The highest BCUT2D eigenvalue weighted by atomic mass is 16.5. The van der Waals surface area contributed by atoms with Gasteiger partial charge >= 0.3 is 5.97 Å². The minimum absolute atomic E-state index is 0.402. The molecule has 1 aromatic rings. The molecule has 0 radical (unpaired) electrons. The van der Waals surface area contributed by atoms with Crippen LogP contribution < -0.4 is 10.1 Å². The highest BCUT2D eigenvalue weighted by molar-refractivity contribution is 6.09. The molecule has 1 fully saturated rings. The fraction of sp³-hybridized carbons (Fsp3) is 0.429. The monoisotopic (exact) mass is 263 g/mol. The van der Waals surface area contributed by atoms with Crippen molar-refractivity contribution in [2.75, 3.05) is 11.9 Å². The van der Waals surface area contributed by atoms with E-state index in [1.54, 1.807) is 24.3 Å². The molecule has 0 unspecified atom stereocenters. The van der Waals surface area contributed by atoms with E-state index in [1.807, 2.05) is 6.92 Å². The Kier molecular flexibility index (Phi) is 3.74. The molecule has 0 atom stereocenters. The third-order valence-corrected chi connectivity index (χ3v) is 3.45. The van der Waals surface area contributed by atoms with Crippen molar-refractivity contribution in [1.82, 2.24) is 0 Å². The van der Waals surface area contributed by atoms with Crippen LogP contribution in [0, 0.1) is 5.41 Å². The van der Waals surface area contributed by atoms with Gasteiger partial charge in [0.15, 0.2) is 0 Å². The first-order valence-electron chi connectivity index (χ1n) is 6.36. The lowest BCUT2D eigenvalue weighted by molar-refractivity contribution is -0.159. The average Bonchev–Trinajstić information content (AvgIpc) is 2.27. The molecule has 0 aliphatic heterocycles. The van der Waals surface area contributed by atoms with Gasteiger partial charge in [0.2, 0.25) is 5.91 Å². The number of carbonyl (C=O) groups excluding carboxylic acids is 1. The van der Waals surface area contributed by atoms with Gasteiger partial charge in [-0.2, -0.15) is 0 Å². The van der Waals surface area contributed by atoms with Crippen molar-refractivity contribution in [1.29, 1.82) is 0 Å². The Bertz CT molecular complexity index is 494. The van der Waals surface area contributed by atoms with E-state index in [2.05, 4.69) is 5.32 Å². The highest BCUT2D eigenvalue weighted by Gasteiger charge is 2.51. The molecule has 1 aromatic carbocycles. The summed E-state index contributed by atoms with van der Waals surface area (Å²) in [7, 11) is 0. The molecule has 19 heavy (non-hydrogen) atoms. The molecule has 0 heterocycles. The molecule has 5 nitrogen and oxygen atoms in total. The van der Waals surface area contributed by atoms with E-state index in [0.717, 1.165) is 6.42 Å². The van der Waals surface area contributed by atoms with Gasteiger partial charge in [-0.3, -0.25) is 9.59 Å². The second-order valence-electron chi connectivity index (χ2n) is 4.66. The van der Waals surface area contributed by atoms with E-state index >= 15 is 0 Å². The zero-order valence-corrected chi connectivity index (χ0v) is 10.8. The first kappa shape index (κ1) is 13.4. The third kappa shape index (κ3) is 2.54. The summed E-state index contributed by atoms with van der Waals surface area (Å²) in [4.78, 5) is 23.3. The fourth-order valence-corrected chi connectivity index (χ4v) is 2.15. The summed E-state index contributed by atoms with van der Waals surface area (Å²) >= 11 is 0. The molecule has 5 heteroatoms. The largest absolute Gasteiger partial charge is 0.494 e. The van der Waals surface area contributed by atoms with Crippen molar-refractivity contribution in [3.05, 3.63) is 24.3 Å². The highest BCUT2D eigenvalue weighted by Crippen LogP contribution is 2.42. The number of nitrogens with one attached hydrogen (secondary N) is 1. The molecule has 1 aliphatic rings. The number of carboxylic acid groups (broad SMARTS) is 1. The summed E-state index contributed by atoms with van der Waals surface area (Å²) < 4.78 is 5.33. The topological polar surface area (TPSA) is 75.6 Å². The Morgan fingerprint density at radius 2 is 2.16 bits per heavy atom. The van der Waals surface area contributed by atoms with Gasteiger partial charge in [0.1, 0.15) is 11.2 Å². The summed E-state index contributed by atoms with van der Waals surface area (Å²) in [6.07, 6.45) is 1.58. The van der Waals surface area contributed by atoms with E-state index in [9.17, 15) is 14.7 Å². The Morgan fingerprint density at radius 3 is 2.68 bits per heavy atom. The van der Waals surface area contributed by atoms with E-state index < -0.39 is 17.3 Å². The predicted octanol–water partition coefficient (Wildman–Crippen LogP) is 2.28. The van der Waals surface area contributed by atoms with E-state index in [1.165, 1.54) is 0 Å². The van der Waals surface area contributed by atoms with Crippen LogP contribution in [-0.2, 0) is 9.59 Å². The minimum Gasteiger partial charge on any atom is -0.494 e. The van der Waals surface area contributed by atoms with Crippen molar-refractivity contribution in [2.24, 2.45) is 5.41 Å². The van der Waals surface area contributed by atoms with Crippen LogP contribution in [0.2, 0.25) is 0 Å². The quantitative estimate of drug-likeness (QED) is 0.799. The van der Waals surface area contributed by atoms with Gasteiger partial charge < -0.3 is 15.2 Å². The number of aliphatic carboxylic acids is 1. The Labute approximate surface area is 111 Å². The average molecular weight is 263 g/mol. The number of benzene rings is 1. The smallest absolute Gasteiger partial charge is 0.319 e. The van der Waals surface area contributed by atoms with Gasteiger partial charge in [-0.25, -0.2) is 0 Å². The number of carbonyl (C=O) groups is 2. The molecular formula is C14H17NO4.